The van der Waals surface area contributed by atoms with E-state index >= 15 is 0 Å². The second-order valence-electron chi connectivity index (χ2n) is 9.20. The van der Waals surface area contributed by atoms with E-state index in [-0.39, 0.29) is 5.56 Å². The second kappa shape index (κ2) is 9.08. The second-order valence-corrected chi connectivity index (χ2v) is 16.9. The predicted molar refractivity (Wildman–Crippen MR) is 161 cm³/mol. The van der Waals surface area contributed by atoms with Gasteiger partial charge >= 0.3 is 225 Å². The first kappa shape index (κ1) is 23.8. The SMILES string of the molecule is CP(Cl)(c1ccccc1)(c1ccccc1)c1ccccc1-c1cc(=O)n2c(-c3ccccc3)csc2n1. The molecule has 0 bridgehead atoms. The fourth-order valence-corrected chi connectivity index (χ4v) is 10.9. The van der Waals surface area contributed by atoms with Crippen LogP contribution in [0.1, 0.15) is 0 Å². The molecule has 4 aromatic carbocycles. The van der Waals surface area contributed by atoms with Gasteiger partial charge in [0.25, 0.3) is 0 Å². The van der Waals surface area contributed by atoms with Crippen LogP contribution in [0.25, 0.3) is 27.5 Å². The van der Waals surface area contributed by atoms with Crippen molar-refractivity contribution < 1.29 is 0 Å². The van der Waals surface area contributed by atoms with Gasteiger partial charge < -0.3 is 0 Å². The Hall–Kier alpha value is -3.56. The first-order valence-electron chi connectivity index (χ1n) is 12.0. The number of hydrogen-bond acceptors (Lipinski definition) is 3. The molecule has 0 N–H and O–H groups in total. The Balaban J connectivity index is 1.61. The molecule has 2 heterocycles. The number of nitrogens with zero attached hydrogens (tertiary/aromatic N) is 2. The molecule has 0 amide bonds. The normalized spacial score (nSPS) is 12.8. The van der Waals surface area contributed by atoms with E-state index in [0.29, 0.717) is 10.7 Å². The quantitative estimate of drug-likeness (QED) is 0.229. The summed E-state index contributed by atoms with van der Waals surface area (Å²) in [5, 5.41) is 5.11. The molecule has 0 saturated carbocycles. The van der Waals surface area contributed by atoms with E-state index in [2.05, 4.69) is 37.0 Å². The van der Waals surface area contributed by atoms with Crippen molar-refractivity contribution in [1.82, 2.24) is 9.38 Å². The van der Waals surface area contributed by atoms with Crippen LogP contribution >= 0.6 is 28.5 Å². The Morgan fingerprint density at radius 3 is 1.92 bits per heavy atom. The third kappa shape index (κ3) is 3.84. The van der Waals surface area contributed by atoms with Gasteiger partial charge in [-0.25, -0.2) is 0 Å². The Kier molecular flexibility index (Phi) is 5.84. The summed E-state index contributed by atoms with van der Waals surface area (Å²) >= 11 is 9.46. The molecule has 0 unspecified atom stereocenters. The molecule has 182 valence electrons. The Morgan fingerprint density at radius 1 is 0.757 bits per heavy atom. The molecule has 6 heteroatoms. The number of halogens is 1. The Bertz CT molecular complexity index is 1740. The van der Waals surface area contributed by atoms with Crippen molar-refractivity contribution in [2.75, 3.05) is 6.66 Å². The molecular weight excluding hydrogens is 515 g/mol. The minimum absolute atomic E-state index is 0.111. The van der Waals surface area contributed by atoms with Gasteiger partial charge in [0.1, 0.15) is 0 Å². The average Bonchev–Trinajstić information content (AvgIpc) is 3.39. The summed E-state index contributed by atoms with van der Waals surface area (Å²) in [6, 6.07) is 40.2. The van der Waals surface area contributed by atoms with Gasteiger partial charge in [-0.1, -0.05) is 0 Å². The molecule has 0 radical (unpaired) electrons. The van der Waals surface area contributed by atoms with Crippen LogP contribution in [0, 0.1) is 0 Å². The van der Waals surface area contributed by atoms with Crippen molar-refractivity contribution in [3.63, 3.8) is 0 Å². The molecule has 0 aliphatic rings. The topological polar surface area (TPSA) is 34.4 Å². The van der Waals surface area contributed by atoms with E-state index in [1.165, 1.54) is 11.3 Å². The van der Waals surface area contributed by atoms with Crippen molar-refractivity contribution in [3.8, 4) is 22.5 Å². The molecule has 6 aromatic rings. The van der Waals surface area contributed by atoms with Crippen molar-refractivity contribution >= 4 is 49.4 Å². The van der Waals surface area contributed by atoms with Crippen molar-refractivity contribution in [1.29, 1.82) is 0 Å². The minimum atomic E-state index is -3.42. The van der Waals surface area contributed by atoms with Gasteiger partial charge in [0.15, 0.2) is 0 Å². The van der Waals surface area contributed by atoms with Crippen LogP contribution in [-0.2, 0) is 0 Å². The first-order chi connectivity index (χ1) is 18.0. The van der Waals surface area contributed by atoms with Crippen LogP contribution in [0.5, 0.6) is 0 Å². The summed E-state index contributed by atoms with van der Waals surface area (Å²) < 4.78 is 1.69. The number of benzene rings is 4. The number of thiazole rings is 1. The van der Waals surface area contributed by atoms with Gasteiger partial charge in [-0.15, -0.1) is 0 Å². The van der Waals surface area contributed by atoms with Gasteiger partial charge in [0.2, 0.25) is 0 Å². The zero-order chi connectivity index (χ0) is 25.5. The van der Waals surface area contributed by atoms with Crippen molar-refractivity contribution in [3.05, 3.63) is 137 Å². The first-order valence-corrected chi connectivity index (χ1v) is 16.4. The zero-order valence-electron chi connectivity index (χ0n) is 20.2. The third-order valence-electron chi connectivity index (χ3n) is 6.97. The van der Waals surface area contributed by atoms with E-state index in [1.807, 2.05) is 90.3 Å². The number of rotatable bonds is 5. The molecule has 0 spiro atoms. The van der Waals surface area contributed by atoms with Crippen LogP contribution in [0.2, 0.25) is 0 Å². The molecule has 0 aliphatic carbocycles. The van der Waals surface area contributed by atoms with Crippen LogP contribution in [0.15, 0.2) is 132 Å². The maximum absolute atomic E-state index is 13.5. The zero-order valence-corrected chi connectivity index (χ0v) is 22.6. The van der Waals surface area contributed by atoms with Crippen LogP contribution in [0.4, 0.5) is 0 Å². The third-order valence-corrected chi connectivity index (χ3v) is 14.1. The van der Waals surface area contributed by atoms with Crippen molar-refractivity contribution in [2.24, 2.45) is 0 Å². The molecule has 3 nitrogen and oxygen atoms in total. The number of hydrogen-bond donors (Lipinski definition) is 0. The summed E-state index contributed by atoms with van der Waals surface area (Å²) in [5.41, 5.74) is 3.22. The van der Waals surface area contributed by atoms with E-state index in [4.69, 9.17) is 16.2 Å². The molecular formula is C31H24ClN2OPS. The van der Waals surface area contributed by atoms with Gasteiger partial charge in [0, 0.05) is 0 Å². The van der Waals surface area contributed by atoms with Gasteiger partial charge in [-0.3, -0.25) is 0 Å². The fraction of sp³-hybridized carbons (Fsp3) is 0.0323. The molecule has 37 heavy (non-hydrogen) atoms. The maximum atomic E-state index is 13.5. The molecule has 0 saturated heterocycles. The monoisotopic (exact) mass is 538 g/mol. The van der Waals surface area contributed by atoms with Gasteiger partial charge in [-0.05, 0) is 0 Å². The van der Waals surface area contributed by atoms with E-state index in [9.17, 15) is 4.79 Å². The molecule has 6 rings (SSSR count). The molecule has 0 aliphatic heterocycles. The molecule has 2 aromatic heterocycles. The average molecular weight is 539 g/mol. The summed E-state index contributed by atoms with van der Waals surface area (Å²) in [7, 11) is 0. The van der Waals surface area contributed by atoms with E-state index in [0.717, 1.165) is 32.7 Å². The molecule has 0 fully saturated rings. The van der Waals surface area contributed by atoms with Gasteiger partial charge in [-0.2, -0.15) is 0 Å². The predicted octanol–water partition coefficient (Wildman–Crippen LogP) is 6.70. The summed E-state index contributed by atoms with van der Waals surface area (Å²) in [5.74, 6) is -3.42. The fourth-order valence-electron chi connectivity index (χ4n) is 5.01. The van der Waals surface area contributed by atoms with Gasteiger partial charge in [0.05, 0.1) is 0 Å². The standard InChI is InChI=1S/C31H24ClN2OPS/c1-36(32,24-15-7-3-8-16-24,25-17-9-4-10-18-25)29-20-12-11-19-26(29)27-21-30(35)34-28(22-37-31(34)33-27)23-13-5-2-6-14-23/h2-22H,1H3. The number of fused-ring (bicyclic) bond motifs is 1. The van der Waals surface area contributed by atoms with Crippen LogP contribution in [-0.4, -0.2) is 16.0 Å². The summed E-state index contributed by atoms with van der Waals surface area (Å²) in [6.45, 7) is 2.17. The molecule has 0 atom stereocenters. The Labute approximate surface area is 224 Å². The van der Waals surface area contributed by atoms with Crippen LogP contribution in [0.3, 0.4) is 0 Å². The van der Waals surface area contributed by atoms with Crippen molar-refractivity contribution in [2.45, 2.75) is 0 Å². The summed E-state index contributed by atoms with van der Waals surface area (Å²) in [6.07, 6.45) is 0. The summed E-state index contributed by atoms with van der Waals surface area (Å²) in [4.78, 5) is 19.2. The van der Waals surface area contributed by atoms with Crippen LogP contribution < -0.4 is 21.5 Å². The Morgan fingerprint density at radius 2 is 1.30 bits per heavy atom. The number of aromatic nitrogens is 2. The van der Waals surface area contributed by atoms with E-state index < -0.39 is 5.96 Å². The van der Waals surface area contributed by atoms with E-state index in [1.54, 1.807) is 10.5 Å².